The van der Waals surface area contributed by atoms with Crippen molar-refractivity contribution in [1.29, 1.82) is 0 Å². The Morgan fingerprint density at radius 1 is 1.30 bits per heavy atom. The van der Waals surface area contributed by atoms with Crippen molar-refractivity contribution in [3.8, 4) is 0 Å². The number of carbonyl (C=O) groups is 1. The van der Waals surface area contributed by atoms with Crippen LogP contribution in [0.5, 0.6) is 0 Å². The maximum Gasteiger partial charge on any atom is 0.227 e. The largest absolute Gasteiger partial charge is 0.370 e. The molecule has 1 aromatic rings. The number of hydrogen-bond donors (Lipinski definition) is 3. The number of amides is 1. The molecule has 0 unspecified atom stereocenters. The number of guanidine groups is 2. The highest BCUT2D eigenvalue weighted by Crippen LogP contribution is 2.32. The van der Waals surface area contributed by atoms with E-state index in [1.54, 1.807) is 4.90 Å². The van der Waals surface area contributed by atoms with Gasteiger partial charge in [0.2, 0.25) is 11.9 Å². The number of carbonyl (C=O) groups excluding carboxylic acids is 1. The zero-order chi connectivity index (χ0) is 14.7. The highest BCUT2D eigenvalue weighted by atomic mass is 16.2. The van der Waals surface area contributed by atoms with E-state index >= 15 is 0 Å². The van der Waals surface area contributed by atoms with Gasteiger partial charge in [-0.15, -0.1) is 0 Å². The molecule has 1 saturated heterocycles. The Labute approximate surface area is 117 Å². The van der Waals surface area contributed by atoms with Crippen LogP contribution in [-0.4, -0.2) is 24.4 Å². The van der Waals surface area contributed by atoms with Gasteiger partial charge in [0, 0.05) is 13.0 Å². The van der Waals surface area contributed by atoms with Crippen LogP contribution < -0.4 is 22.1 Å². The number of nitrogens with two attached hydrogens (primary N) is 3. The molecule has 1 heterocycles. The third kappa shape index (κ3) is 3.05. The molecule has 106 valence electrons. The monoisotopic (exact) mass is 274 g/mol. The lowest BCUT2D eigenvalue weighted by Gasteiger charge is -2.18. The van der Waals surface area contributed by atoms with Gasteiger partial charge in [0.1, 0.15) is 0 Å². The van der Waals surface area contributed by atoms with Crippen LogP contribution in [0, 0.1) is 6.92 Å². The second-order valence-corrected chi connectivity index (χ2v) is 4.65. The van der Waals surface area contributed by atoms with Gasteiger partial charge in [0.05, 0.1) is 11.4 Å². The Hall–Kier alpha value is -2.57. The Morgan fingerprint density at radius 3 is 2.65 bits per heavy atom. The number of aliphatic imine (C=N–C) groups is 2. The van der Waals surface area contributed by atoms with Crippen molar-refractivity contribution >= 4 is 29.2 Å². The first-order valence-corrected chi connectivity index (χ1v) is 6.32. The molecule has 7 heteroatoms. The van der Waals surface area contributed by atoms with Gasteiger partial charge >= 0.3 is 0 Å². The van der Waals surface area contributed by atoms with Crippen molar-refractivity contribution in [2.75, 3.05) is 11.4 Å². The standard InChI is InChI=1S/C13H18N6O/c1-8-4-5-10(19-6-2-3-11(19)20)9(7-8)17-13(16)18-12(14)15/h4-5,7H,2-3,6H2,1H3,(H6,14,15,16,17,18). The van der Waals surface area contributed by atoms with E-state index in [-0.39, 0.29) is 17.8 Å². The van der Waals surface area contributed by atoms with Gasteiger partial charge < -0.3 is 22.1 Å². The first-order valence-electron chi connectivity index (χ1n) is 6.32. The minimum Gasteiger partial charge on any atom is -0.370 e. The first-order chi connectivity index (χ1) is 9.47. The molecule has 0 bridgehead atoms. The molecule has 7 nitrogen and oxygen atoms in total. The molecule has 0 radical (unpaired) electrons. The normalized spacial score (nSPS) is 15.6. The third-order valence-corrected chi connectivity index (χ3v) is 2.97. The fourth-order valence-corrected chi connectivity index (χ4v) is 2.13. The fourth-order valence-electron chi connectivity index (χ4n) is 2.13. The quantitative estimate of drug-likeness (QED) is 0.531. The van der Waals surface area contributed by atoms with E-state index in [9.17, 15) is 4.79 Å². The van der Waals surface area contributed by atoms with Crippen LogP contribution in [0.4, 0.5) is 11.4 Å². The number of hydrogen-bond acceptors (Lipinski definition) is 2. The molecule has 2 rings (SSSR count). The highest BCUT2D eigenvalue weighted by molar-refractivity contribution is 6.00. The summed E-state index contributed by atoms with van der Waals surface area (Å²) in [7, 11) is 0. The number of benzene rings is 1. The summed E-state index contributed by atoms with van der Waals surface area (Å²) in [6.45, 7) is 2.62. The van der Waals surface area contributed by atoms with E-state index in [0.29, 0.717) is 18.7 Å². The fraction of sp³-hybridized carbons (Fsp3) is 0.308. The second-order valence-electron chi connectivity index (χ2n) is 4.65. The van der Waals surface area contributed by atoms with E-state index in [2.05, 4.69) is 9.98 Å². The van der Waals surface area contributed by atoms with Gasteiger partial charge in [-0.2, -0.15) is 4.99 Å². The molecule has 0 aliphatic carbocycles. The molecule has 1 fully saturated rings. The Bertz CT molecular complexity index is 589. The van der Waals surface area contributed by atoms with Crippen LogP contribution in [0.25, 0.3) is 0 Å². The van der Waals surface area contributed by atoms with Crippen LogP contribution in [0.1, 0.15) is 18.4 Å². The van der Waals surface area contributed by atoms with Crippen LogP contribution in [0.3, 0.4) is 0 Å². The summed E-state index contributed by atoms with van der Waals surface area (Å²) < 4.78 is 0. The molecule has 6 N–H and O–H groups in total. The lowest BCUT2D eigenvalue weighted by molar-refractivity contribution is -0.117. The van der Waals surface area contributed by atoms with Crippen molar-refractivity contribution in [3.63, 3.8) is 0 Å². The first kappa shape index (κ1) is 13.9. The summed E-state index contributed by atoms with van der Waals surface area (Å²) in [4.78, 5) is 21.4. The molecule has 1 aromatic carbocycles. The van der Waals surface area contributed by atoms with Gasteiger partial charge in [-0.05, 0) is 31.0 Å². The molecular weight excluding hydrogens is 256 g/mol. The van der Waals surface area contributed by atoms with Gasteiger partial charge in [0.25, 0.3) is 0 Å². The summed E-state index contributed by atoms with van der Waals surface area (Å²) in [6.07, 6.45) is 1.40. The topological polar surface area (TPSA) is 123 Å². The second kappa shape index (κ2) is 5.60. The van der Waals surface area contributed by atoms with E-state index in [4.69, 9.17) is 17.2 Å². The van der Waals surface area contributed by atoms with Crippen molar-refractivity contribution in [2.45, 2.75) is 19.8 Å². The summed E-state index contributed by atoms with van der Waals surface area (Å²) >= 11 is 0. The summed E-state index contributed by atoms with van der Waals surface area (Å²) in [6, 6.07) is 5.63. The molecule has 1 aliphatic heterocycles. The van der Waals surface area contributed by atoms with Crippen molar-refractivity contribution in [2.24, 2.45) is 27.2 Å². The zero-order valence-electron chi connectivity index (χ0n) is 11.3. The average Bonchev–Trinajstić information content (AvgIpc) is 2.74. The van der Waals surface area contributed by atoms with Crippen LogP contribution in [0.15, 0.2) is 28.2 Å². The predicted octanol–water partition coefficient (Wildman–Crippen LogP) is 0.341. The van der Waals surface area contributed by atoms with Crippen LogP contribution >= 0.6 is 0 Å². The number of nitrogens with zero attached hydrogens (tertiary/aromatic N) is 3. The van der Waals surface area contributed by atoms with E-state index in [0.717, 1.165) is 17.7 Å². The highest BCUT2D eigenvalue weighted by Gasteiger charge is 2.23. The molecule has 20 heavy (non-hydrogen) atoms. The van der Waals surface area contributed by atoms with Crippen molar-refractivity contribution in [1.82, 2.24) is 0 Å². The van der Waals surface area contributed by atoms with Gasteiger partial charge in [-0.25, -0.2) is 4.99 Å². The lowest BCUT2D eigenvalue weighted by Crippen LogP contribution is -2.26. The van der Waals surface area contributed by atoms with Gasteiger partial charge in [-0.1, -0.05) is 6.07 Å². The Balaban J connectivity index is 2.43. The predicted molar refractivity (Wildman–Crippen MR) is 79.9 cm³/mol. The zero-order valence-corrected chi connectivity index (χ0v) is 11.3. The molecule has 0 aromatic heterocycles. The van der Waals surface area contributed by atoms with Crippen LogP contribution in [-0.2, 0) is 4.79 Å². The minimum absolute atomic E-state index is 0.0384. The maximum absolute atomic E-state index is 11.9. The lowest BCUT2D eigenvalue weighted by atomic mass is 10.2. The molecule has 1 amide bonds. The Kier molecular flexibility index (Phi) is 3.88. The summed E-state index contributed by atoms with van der Waals surface area (Å²) in [5.74, 6) is -0.105. The smallest absolute Gasteiger partial charge is 0.227 e. The molecule has 0 saturated carbocycles. The number of aryl methyl sites for hydroxylation is 1. The Morgan fingerprint density at radius 2 is 2.05 bits per heavy atom. The van der Waals surface area contributed by atoms with Crippen LogP contribution in [0.2, 0.25) is 0 Å². The molecule has 0 atom stereocenters. The van der Waals surface area contributed by atoms with Crippen molar-refractivity contribution < 1.29 is 4.79 Å². The SMILES string of the molecule is Cc1ccc(N2CCCC2=O)c(N=C(N)N=C(N)N)c1. The van der Waals surface area contributed by atoms with E-state index < -0.39 is 0 Å². The minimum atomic E-state index is -0.155. The molecule has 0 spiro atoms. The van der Waals surface area contributed by atoms with E-state index in [1.807, 2.05) is 25.1 Å². The number of anilines is 1. The van der Waals surface area contributed by atoms with Gasteiger partial charge in [-0.3, -0.25) is 4.79 Å². The van der Waals surface area contributed by atoms with Crippen molar-refractivity contribution in [3.05, 3.63) is 23.8 Å². The average molecular weight is 274 g/mol. The third-order valence-electron chi connectivity index (χ3n) is 2.97. The molecule has 1 aliphatic rings. The van der Waals surface area contributed by atoms with E-state index in [1.165, 1.54) is 0 Å². The summed E-state index contributed by atoms with van der Waals surface area (Å²) in [5, 5.41) is 0. The molecular formula is C13H18N6O. The maximum atomic E-state index is 11.9. The summed E-state index contributed by atoms with van der Waals surface area (Å²) in [5.41, 5.74) is 18.5. The number of rotatable bonds is 2. The van der Waals surface area contributed by atoms with Gasteiger partial charge in [0.15, 0.2) is 5.96 Å².